The second-order valence-corrected chi connectivity index (χ2v) is 7.25. The number of hydrogen-bond donors (Lipinski definition) is 2. The molecule has 0 aliphatic carbocycles. The molecule has 0 radical (unpaired) electrons. The van der Waals surface area contributed by atoms with Crippen LogP contribution >= 0.6 is 12.4 Å². The number of nitrogens with one attached hydrogen (secondary N) is 2. The zero-order valence-electron chi connectivity index (χ0n) is 14.4. The lowest BCUT2D eigenvalue weighted by Crippen LogP contribution is -2.32. The van der Waals surface area contributed by atoms with Gasteiger partial charge in [-0.15, -0.1) is 12.4 Å². The maximum Gasteiger partial charge on any atom is 0.347 e. The average molecular weight is 393 g/mol. The number of carbonyl (C=O) groups is 1. The molecule has 1 aliphatic rings. The third-order valence-electron chi connectivity index (χ3n) is 3.59. The zero-order chi connectivity index (χ0) is 17.6. The minimum atomic E-state index is -3.58. The SMILES string of the molecule is CCCNCCNS(=O)(=O)c1ccc2c(c1)CC(C(=O)OCC)O2.Cl. The molecule has 1 aromatic carbocycles. The molecule has 9 heteroatoms. The summed E-state index contributed by atoms with van der Waals surface area (Å²) in [5.41, 5.74) is 0.694. The van der Waals surface area contributed by atoms with E-state index in [0.29, 0.717) is 30.8 Å². The van der Waals surface area contributed by atoms with Gasteiger partial charge >= 0.3 is 5.97 Å². The summed E-state index contributed by atoms with van der Waals surface area (Å²) in [6.07, 6.45) is 0.610. The normalized spacial score (nSPS) is 15.8. The Balaban J connectivity index is 0.00000312. The van der Waals surface area contributed by atoms with Crippen LogP contribution in [0.4, 0.5) is 0 Å². The molecular weight excluding hydrogens is 368 g/mol. The van der Waals surface area contributed by atoms with E-state index in [1.165, 1.54) is 6.07 Å². The molecule has 1 aromatic rings. The van der Waals surface area contributed by atoms with Crippen LogP contribution in [0.2, 0.25) is 0 Å². The van der Waals surface area contributed by atoms with Gasteiger partial charge < -0.3 is 14.8 Å². The smallest absolute Gasteiger partial charge is 0.347 e. The zero-order valence-corrected chi connectivity index (χ0v) is 16.0. The molecule has 1 atom stereocenters. The molecule has 0 bridgehead atoms. The predicted molar refractivity (Wildman–Crippen MR) is 96.8 cm³/mol. The van der Waals surface area contributed by atoms with Crippen molar-refractivity contribution in [2.75, 3.05) is 26.2 Å². The Morgan fingerprint density at radius 3 is 2.72 bits per heavy atom. The standard InChI is InChI=1S/C16H24N2O5S.ClH/c1-3-7-17-8-9-18-24(20,21)13-5-6-14-12(10-13)11-15(23-14)16(19)22-4-2;/h5-6,10,15,17-18H,3-4,7-9,11H2,1-2H3;1H. The number of sulfonamides is 1. The topological polar surface area (TPSA) is 93.7 Å². The number of fused-ring (bicyclic) bond motifs is 1. The van der Waals surface area contributed by atoms with E-state index in [0.717, 1.165) is 13.0 Å². The number of esters is 1. The Morgan fingerprint density at radius 1 is 1.28 bits per heavy atom. The van der Waals surface area contributed by atoms with Crippen molar-refractivity contribution >= 4 is 28.4 Å². The summed E-state index contributed by atoms with van der Waals surface area (Å²) in [6.45, 7) is 5.81. The predicted octanol–water partition coefficient (Wildman–Crippen LogP) is 1.25. The van der Waals surface area contributed by atoms with Crippen molar-refractivity contribution in [2.24, 2.45) is 0 Å². The largest absolute Gasteiger partial charge is 0.478 e. The average Bonchev–Trinajstić information content (AvgIpc) is 2.98. The van der Waals surface area contributed by atoms with Crippen LogP contribution in [-0.4, -0.2) is 46.7 Å². The highest BCUT2D eigenvalue weighted by Crippen LogP contribution is 2.31. The summed E-state index contributed by atoms with van der Waals surface area (Å²) in [6, 6.07) is 4.61. The Hall–Kier alpha value is -1.35. The summed E-state index contributed by atoms with van der Waals surface area (Å²) < 4.78 is 37.6. The van der Waals surface area contributed by atoms with Crippen LogP contribution < -0.4 is 14.8 Å². The van der Waals surface area contributed by atoms with Gasteiger partial charge in [-0.25, -0.2) is 17.9 Å². The maximum atomic E-state index is 12.3. The van der Waals surface area contributed by atoms with E-state index in [1.54, 1.807) is 19.1 Å². The summed E-state index contributed by atoms with van der Waals surface area (Å²) >= 11 is 0. The van der Waals surface area contributed by atoms with Crippen LogP contribution in [0.5, 0.6) is 5.75 Å². The highest BCUT2D eigenvalue weighted by molar-refractivity contribution is 7.89. The summed E-state index contributed by atoms with van der Waals surface area (Å²) in [5.74, 6) is 0.0925. The van der Waals surface area contributed by atoms with E-state index < -0.39 is 22.1 Å². The van der Waals surface area contributed by atoms with Crippen molar-refractivity contribution in [2.45, 2.75) is 37.7 Å². The summed E-state index contributed by atoms with van der Waals surface area (Å²) in [7, 11) is -3.58. The monoisotopic (exact) mass is 392 g/mol. The minimum Gasteiger partial charge on any atom is -0.478 e. The molecule has 2 rings (SSSR count). The molecule has 1 aliphatic heterocycles. The third kappa shape index (κ3) is 5.85. The molecule has 0 amide bonds. The van der Waals surface area contributed by atoms with Gasteiger partial charge in [0.25, 0.3) is 0 Å². The second-order valence-electron chi connectivity index (χ2n) is 5.48. The van der Waals surface area contributed by atoms with Crippen LogP contribution in [0, 0.1) is 0 Å². The molecule has 7 nitrogen and oxygen atoms in total. The molecule has 25 heavy (non-hydrogen) atoms. The molecule has 1 heterocycles. The molecular formula is C16H25ClN2O5S. The van der Waals surface area contributed by atoms with Gasteiger partial charge in [-0.1, -0.05) is 6.92 Å². The van der Waals surface area contributed by atoms with Crippen LogP contribution in [0.25, 0.3) is 0 Å². The Kier molecular flexibility index (Phi) is 8.64. The van der Waals surface area contributed by atoms with Crippen molar-refractivity contribution in [3.05, 3.63) is 23.8 Å². The Labute approximate surface area is 154 Å². The van der Waals surface area contributed by atoms with Gasteiger partial charge in [0.15, 0.2) is 6.10 Å². The highest BCUT2D eigenvalue weighted by atomic mass is 35.5. The first kappa shape index (κ1) is 21.7. The lowest BCUT2D eigenvalue weighted by atomic mass is 10.1. The van der Waals surface area contributed by atoms with Gasteiger partial charge in [0.1, 0.15) is 5.75 Å². The Morgan fingerprint density at radius 2 is 2.04 bits per heavy atom. The first-order chi connectivity index (χ1) is 11.5. The molecule has 0 saturated heterocycles. The van der Waals surface area contributed by atoms with Crippen LogP contribution in [0.1, 0.15) is 25.8 Å². The fourth-order valence-electron chi connectivity index (χ4n) is 2.42. The van der Waals surface area contributed by atoms with Gasteiger partial charge in [0, 0.05) is 19.5 Å². The van der Waals surface area contributed by atoms with Gasteiger partial charge in [-0.05, 0) is 43.7 Å². The quantitative estimate of drug-likeness (QED) is 0.485. The molecule has 1 unspecified atom stereocenters. The fraction of sp³-hybridized carbons (Fsp3) is 0.562. The Bertz CT molecular complexity index is 681. The van der Waals surface area contributed by atoms with E-state index in [2.05, 4.69) is 10.0 Å². The van der Waals surface area contributed by atoms with Crippen molar-refractivity contribution in [3.8, 4) is 5.75 Å². The number of benzene rings is 1. The van der Waals surface area contributed by atoms with E-state index in [9.17, 15) is 13.2 Å². The number of ether oxygens (including phenoxy) is 2. The van der Waals surface area contributed by atoms with Crippen LogP contribution in [0.15, 0.2) is 23.1 Å². The van der Waals surface area contributed by atoms with Gasteiger partial charge in [-0.3, -0.25) is 0 Å². The number of carbonyl (C=O) groups excluding carboxylic acids is 1. The minimum absolute atomic E-state index is 0. The van der Waals surface area contributed by atoms with Gasteiger partial charge in [0.05, 0.1) is 11.5 Å². The van der Waals surface area contributed by atoms with Crippen LogP contribution in [0.3, 0.4) is 0 Å². The van der Waals surface area contributed by atoms with Crippen molar-refractivity contribution in [1.82, 2.24) is 10.0 Å². The van der Waals surface area contributed by atoms with Gasteiger partial charge in [-0.2, -0.15) is 0 Å². The first-order valence-corrected chi connectivity index (χ1v) is 9.62. The van der Waals surface area contributed by atoms with Crippen molar-refractivity contribution < 1.29 is 22.7 Å². The molecule has 0 spiro atoms. The molecule has 142 valence electrons. The number of hydrogen-bond acceptors (Lipinski definition) is 6. The third-order valence-corrected chi connectivity index (χ3v) is 5.05. The fourth-order valence-corrected chi connectivity index (χ4v) is 3.50. The summed E-state index contributed by atoms with van der Waals surface area (Å²) in [4.78, 5) is 11.9. The van der Waals surface area contributed by atoms with E-state index in [-0.39, 0.29) is 23.9 Å². The lowest BCUT2D eigenvalue weighted by Gasteiger charge is -2.09. The molecule has 0 aromatic heterocycles. The van der Waals surface area contributed by atoms with Gasteiger partial charge in [0.2, 0.25) is 10.0 Å². The van der Waals surface area contributed by atoms with Crippen molar-refractivity contribution in [3.63, 3.8) is 0 Å². The summed E-state index contributed by atoms with van der Waals surface area (Å²) in [5, 5.41) is 3.13. The maximum absolute atomic E-state index is 12.3. The van der Waals surface area contributed by atoms with E-state index >= 15 is 0 Å². The number of halogens is 1. The van der Waals surface area contributed by atoms with Crippen molar-refractivity contribution in [1.29, 1.82) is 0 Å². The van der Waals surface area contributed by atoms with Crippen LogP contribution in [-0.2, 0) is 26.0 Å². The number of rotatable bonds is 9. The first-order valence-electron chi connectivity index (χ1n) is 8.14. The second kappa shape index (κ2) is 9.96. The van der Waals surface area contributed by atoms with E-state index in [4.69, 9.17) is 9.47 Å². The lowest BCUT2D eigenvalue weighted by molar-refractivity contribution is -0.150. The van der Waals surface area contributed by atoms with E-state index in [1.807, 2.05) is 6.92 Å². The molecule has 0 fully saturated rings. The molecule has 0 saturated carbocycles. The highest BCUT2D eigenvalue weighted by Gasteiger charge is 2.31. The molecule has 2 N–H and O–H groups in total.